The summed E-state index contributed by atoms with van der Waals surface area (Å²) in [6.07, 6.45) is -1.01. The second-order valence-electron chi connectivity index (χ2n) is 3.15. The molecule has 0 saturated carbocycles. The normalized spacial score (nSPS) is 11.9. The molecule has 86 valence electrons. The van der Waals surface area contributed by atoms with E-state index in [1.54, 1.807) is 12.1 Å². The summed E-state index contributed by atoms with van der Waals surface area (Å²) in [5.41, 5.74) is 10.8. The Labute approximate surface area is 97.3 Å². The molecule has 1 atom stereocenters. The summed E-state index contributed by atoms with van der Waals surface area (Å²) in [7, 11) is 0. The molecule has 1 amide bonds. The first kappa shape index (κ1) is 12.3. The minimum absolute atomic E-state index is 0.112. The molecule has 6 heteroatoms. The molecule has 0 aliphatic rings. The number of benzene rings is 1. The summed E-state index contributed by atoms with van der Waals surface area (Å²) in [4.78, 5) is 22.3. The molecular weight excluding hydrogens is 232 g/mol. The van der Waals surface area contributed by atoms with Gasteiger partial charge in [0.15, 0.2) is 6.10 Å². The number of primary amides is 1. The average molecular weight is 243 g/mol. The van der Waals surface area contributed by atoms with Crippen LogP contribution < -0.4 is 11.5 Å². The van der Waals surface area contributed by atoms with Crippen molar-refractivity contribution in [3.63, 3.8) is 0 Å². The van der Waals surface area contributed by atoms with Gasteiger partial charge in [-0.15, -0.1) is 0 Å². The molecule has 1 rings (SSSR count). The molecule has 0 spiro atoms. The monoisotopic (exact) mass is 242 g/mol. The van der Waals surface area contributed by atoms with Gasteiger partial charge in [0.1, 0.15) is 0 Å². The Morgan fingerprint density at radius 2 is 2.06 bits per heavy atom. The third-order valence-corrected chi connectivity index (χ3v) is 2.29. The number of hydrogen-bond acceptors (Lipinski definition) is 4. The molecule has 0 aromatic heterocycles. The lowest BCUT2D eigenvalue weighted by atomic mass is 10.2. The number of para-hydroxylation sites is 1. The number of halogens is 1. The van der Waals surface area contributed by atoms with Crippen molar-refractivity contribution in [2.75, 3.05) is 5.73 Å². The summed E-state index contributed by atoms with van der Waals surface area (Å²) < 4.78 is 4.78. The van der Waals surface area contributed by atoms with Crippen LogP contribution in [0.25, 0.3) is 0 Å². The molecule has 0 bridgehead atoms. The van der Waals surface area contributed by atoms with Gasteiger partial charge in [-0.05, 0) is 19.1 Å². The fraction of sp³-hybridized carbons (Fsp3) is 0.200. The van der Waals surface area contributed by atoms with Gasteiger partial charge in [0.25, 0.3) is 5.91 Å². The lowest BCUT2D eigenvalue weighted by Crippen LogP contribution is -2.30. The van der Waals surface area contributed by atoms with Crippen LogP contribution in [0.3, 0.4) is 0 Å². The lowest BCUT2D eigenvalue weighted by molar-refractivity contribution is -0.125. The van der Waals surface area contributed by atoms with E-state index in [0.717, 1.165) is 0 Å². The number of ether oxygens (including phenoxy) is 1. The van der Waals surface area contributed by atoms with Crippen molar-refractivity contribution in [1.29, 1.82) is 0 Å². The quantitative estimate of drug-likeness (QED) is 0.609. The first-order valence-corrected chi connectivity index (χ1v) is 4.85. The number of nitrogens with two attached hydrogens (primary N) is 2. The molecule has 0 unspecified atom stereocenters. The third kappa shape index (κ3) is 2.64. The largest absolute Gasteiger partial charge is 0.449 e. The Hall–Kier alpha value is -1.75. The molecule has 5 nitrogen and oxygen atoms in total. The van der Waals surface area contributed by atoms with Crippen molar-refractivity contribution in [2.45, 2.75) is 13.0 Å². The number of hydrogen-bond donors (Lipinski definition) is 2. The van der Waals surface area contributed by atoms with Gasteiger partial charge in [-0.25, -0.2) is 4.79 Å². The summed E-state index contributed by atoms with van der Waals surface area (Å²) in [5.74, 6) is -1.46. The Kier molecular flexibility index (Phi) is 3.73. The molecule has 1 aromatic rings. The summed E-state index contributed by atoms with van der Waals surface area (Å²) in [6.45, 7) is 1.38. The number of carbonyl (C=O) groups excluding carboxylic acids is 2. The van der Waals surface area contributed by atoms with Crippen LogP contribution in [-0.2, 0) is 9.53 Å². The maximum atomic E-state index is 11.6. The van der Waals surface area contributed by atoms with E-state index in [2.05, 4.69) is 0 Å². The van der Waals surface area contributed by atoms with E-state index >= 15 is 0 Å². The fourth-order valence-electron chi connectivity index (χ4n) is 0.997. The molecular formula is C10H11ClN2O3. The third-order valence-electron chi connectivity index (χ3n) is 1.96. The maximum Gasteiger partial charge on any atom is 0.341 e. The van der Waals surface area contributed by atoms with Crippen molar-refractivity contribution in [1.82, 2.24) is 0 Å². The van der Waals surface area contributed by atoms with E-state index in [4.69, 9.17) is 27.8 Å². The van der Waals surface area contributed by atoms with Crippen molar-refractivity contribution in [3.8, 4) is 0 Å². The van der Waals surface area contributed by atoms with Gasteiger partial charge in [0.2, 0.25) is 0 Å². The molecule has 0 aliphatic carbocycles. The zero-order chi connectivity index (χ0) is 12.3. The number of anilines is 1. The Morgan fingerprint density at radius 1 is 1.44 bits per heavy atom. The number of carbonyl (C=O) groups is 2. The number of rotatable bonds is 3. The van der Waals surface area contributed by atoms with Crippen LogP contribution in [0.5, 0.6) is 0 Å². The summed E-state index contributed by atoms with van der Waals surface area (Å²) in [5, 5.41) is 0.251. The number of esters is 1. The van der Waals surface area contributed by atoms with Crippen molar-refractivity contribution >= 4 is 29.2 Å². The van der Waals surface area contributed by atoms with E-state index in [1.807, 2.05) is 0 Å². The second kappa shape index (κ2) is 4.85. The van der Waals surface area contributed by atoms with Gasteiger partial charge < -0.3 is 16.2 Å². The highest BCUT2D eigenvalue weighted by Crippen LogP contribution is 2.23. The maximum absolute atomic E-state index is 11.6. The SMILES string of the molecule is C[C@@H](OC(=O)c1cccc(Cl)c1N)C(N)=O. The zero-order valence-corrected chi connectivity index (χ0v) is 9.32. The van der Waals surface area contributed by atoms with Crippen LogP contribution in [-0.4, -0.2) is 18.0 Å². The van der Waals surface area contributed by atoms with E-state index in [-0.39, 0.29) is 16.3 Å². The van der Waals surface area contributed by atoms with Gasteiger partial charge in [0.05, 0.1) is 16.3 Å². The standard InChI is InChI=1S/C10H11ClN2O3/c1-5(9(13)14)16-10(15)6-3-2-4-7(11)8(6)12/h2-5H,12H2,1H3,(H2,13,14)/t5-/m1/s1. The van der Waals surface area contributed by atoms with Crippen LogP contribution in [0.4, 0.5) is 5.69 Å². The predicted octanol–water partition coefficient (Wildman–Crippen LogP) is 0.953. The second-order valence-corrected chi connectivity index (χ2v) is 3.56. The minimum atomic E-state index is -1.01. The molecule has 4 N–H and O–H groups in total. The highest BCUT2D eigenvalue weighted by molar-refractivity contribution is 6.33. The number of amides is 1. The minimum Gasteiger partial charge on any atom is -0.449 e. The van der Waals surface area contributed by atoms with Gasteiger partial charge in [-0.1, -0.05) is 17.7 Å². The smallest absolute Gasteiger partial charge is 0.341 e. The van der Waals surface area contributed by atoms with Crippen LogP contribution >= 0.6 is 11.6 Å². The highest BCUT2D eigenvalue weighted by atomic mass is 35.5. The Balaban J connectivity index is 2.89. The zero-order valence-electron chi connectivity index (χ0n) is 8.57. The van der Waals surface area contributed by atoms with E-state index in [1.165, 1.54) is 13.0 Å². The Bertz CT molecular complexity index is 434. The molecule has 1 aromatic carbocycles. The first-order valence-electron chi connectivity index (χ1n) is 4.47. The van der Waals surface area contributed by atoms with Gasteiger partial charge in [-0.3, -0.25) is 4.79 Å². The summed E-state index contributed by atoms with van der Waals surface area (Å²) >= 11 is 5.73. The van der Waals surface area contributed by atoms with Crippen molar-refractivity contribution in [2.24, 2.45) is 5.73 Å². The molecule has 16 heavy (non-hydrogen) atoms. The average Bonchev–Trinajstić information content (AvgIpc) is 2.21. The lowest BCUT2D eigenvalue weighted by Gasteiger charge is -2.11. The van der Waals surface area contributed by atoms with Crippen LogP contribution in [0.2, 0.25) is 5.02 Å². The Morgan fingerprint density at radius 3 is 2.62 bits per heavy atom. The van der Waals surface area contributed by atoms with E-state index in [0.29, 0.717) is 0 Å². The van der Waals surface area contributed by atoms with Gasteiger partial charge in [0, 0.05) is 0 Å². The van der Waals surface area contributed by atoms with Crippen molar-refractivity contribution < 1.29 is 14.3 Å². The molecule has 0 radical (unpaired) electrons. The molecule has 0 heterocycles. The molecule has 0 fully saturated rings. The van der Waals surface area contributed by atoms with E-state index < -0.39 is 18.0 Å². The molecule has 0 aliphatic heterocycles. The number of nitrogen functional groups attached to an aromatic ring is 1. The highest BCUT2D eigenvalue weighted by Gasteiger charge is 2.18. The first-order chi connectivity index (χ1) is 7.43. The van der Waals surface area contributed by atoms with Crippen molar-refractivity contribution in [3.05, 3.63) is 28.8 Å². The fourth-order valence-corrected chi connectivity index (χ4v) is 1.17. The molecule has 0 saturated heterocycles. The van der Waals surface area contributed by atoms with Crippen LogP contribution in [0, 0.1) is 0 Å². The van der Waals surface area contributed by atoms with Gasteiger partial charge in [-0.2, -0.15) is 0 Å². The topological polar surface area (TPSA) is 95.4 Å². The van der Waals surface area contributed by atoms with Gasteiger partial charge >= 0.3 is 5.97 Å². The predicted molar refractivity (Wildman–Crippen MR) is 59.9 cm³/mol. The van der Waals surface area contributed by atoms with E-state index in [9.17, 15) is 9.59 Å². The van der Waals surface area contributed by atoms with Crippen LogP contribution in [0.15, 0.2) is 18.2 Å². The summed E-state index contributed by atoms with van der Waals surface area (Å²) in [6, 6.07) is 4.56. The van der Waals surface area contributed by atoms with Crippen LogP contribution in [0.1, 0.15) is 17.3 Å².